The molecule has 0 bridgehead atoms. The average molecular weight is 317 g/mol. The van der Waals surface area contributed by atoms with Gasteiger partial charge in [0.1, 0.15) is 0 Å². The van der Waals surface area contributed by atoms with Crippen molar-refractivity contribution in [1.82, 2.24) is 5.32 Å². The molecule has 22 heavy (non-hydrogen) atoms. The Bertz CT molecular complexity index is 669. The van der Waals surface area contributed by atoms with E-state index < -0.39 is 0 Å². The maximum Gasteiger partial charge on any atom is 0.228 e. The minimum absolute atomic E-state index is 0.0458. The van der Waals surface area contributed by atoms with Crippen LogP contribution in [0.4, 0.5) is 5.69 Å². The molecule has 0 aliphatic rings. The van der Waals surface area contributed by atoms with Gasteiger partial charge in [0.25, 0.3) is 0 Å². The van der Waals surface area contributed by atoms with E-state index in [-0.39, 0.29) is 18.2 Å². The molecule has 2 rings (SSSR count). The lowest BCUT2D eigenvalue weighted by Crippen LogP contribution is -2.20. The Morgan fingerprint density at radius 3 is 2.27 bits per heavy atom. The number of anilines is 1. The summed E-state index contributed by atoms with van der Waals surface area (Å²) in [6.07, 6.45) is 0.546. The van der Waals surface area contributed by atoms with Crippen molar-refractivity contribution in [2.75, 3.05) is 12.4 Å². The van der Waals surface area contributed by atoms with Crippen LogP contribution >= 0.6 is 11.6 Å². The normalized spacial score (nSPS) is 10.1. The van der Waals surface area contributed by atoms with Crippen LogP contribution in [0.5, 0.6) is 0 Å². The predicted molar refractivity (Wildman–Crippen MR) is 88.0 cm³/mol. The summed E-state index contributed by atoms with van der Waals surface area (Å²) in [4.78, 5) is 23.3. The molecule has 0 aliphatic carbocycles. The van der Waals surface area contributed by atoms with E-state index in [1.807, 2.05) is 30.3 Å². The van der Waals surface area contributed by atoms with Gasteiger partial charge in [-0.05, 0) is 29.3 Å². The number of hydrogen-bond acceptors (Lipinski definition) is 2. The molecule has 0 saturated heterocycles. The van der Waals surface area contributed by atoms with Gasteiger partial charge in [0.05, 0.1) is 12.8 Å². The van der Waals surface area contributed by atoms with Crippen LogP contribution in [0.15, 0.2) is 48.5 Å². The average Bonchev–Trinajstić information content (AvgIpc) is 2.51. The van der Waals surface area contributed by atoms with Gasteiger partial charge in [-0.1, -0.05) is 41.9 Å². The van der Waals surface area contributed by atoms with E-state index in [2.05, 4.69) is 10.6 Å². The van der Waals surface area contributed by atoms with Crippen molar-refractivity contribution < 1.29 is 9.59 Å². The molecule has 0 saturated carbocycles. The van der Waals surface area contributed by atoms with Gasteiger partial charge in [-0.25, -0.2) is 0 Å². The minimum Gasteiger partial charge on any atom is -0.359 e. The lowest BCUT2D eigenvalue weighted by atomic mass is 10.1. The van der Waals surface area contributed by atoms with Gasteiger partial charge in [-0.3, -0.25) is 9.59 Å². The van der Waals surface area contributed by atoms with Crippen molar-refractivity contribution in [2.45, 2.75) is 12.8 Å². The fourth-order valence-electron chi connectivity index (χ4n) is 2.00. The first-order chi connectivity index (χ1) is 10.6. The van der Waals surface area contributed by atoms with Crippen molar-refractivity contribution in [3.63, 3.8) is 0 Å². The van der Waals surface area contributed by atoms with Gasteiger partial charge in [0.15, 0.2) is 0 Å². The van der Waals surface area contributed by atoms with Gasteiger partial charge >= 0.3 is 0 Å². The summed E-state index contributed by atoms with van der Waals surface area (Å²) in [5.41, 5.74) is 2.37. The molecule has 0 unspecified atom stereocenters. The second kappa shape index (κ2) is 7.61. The standard InChI is InChI=1S/C17H17ClN2O2/c1-19-16(21)10-12-6-8-14(9-7-12)20-17(22)11-13-4-2-3-5-15(13)18/h2-9H,10-11H2,1H3,(H,19,21)(H,20,22). The number of nitrogens with one attached hydrogen (secondary N) is 2. The van der Waals surface area contributed by atoms with Crippen LogP contribution in [0, 0.1) is 0 Å². The van der Waals surface area contributed by atoms with Crippen LogP contribution in [0.2, 0.25) is 5.02 Å². The fourth-order valence-corrected chi connectivity index (χ4v) is 2.20. The molecule has 0 atom stereocenters. The van der Waals surface area contributed by atoms with Gasteiger partial charge in [0.2, 0.25) is 11.8 Å². The van der Waals surface area contributed by atoms with Gasteiger partial charge in [-0.2, -0.15) is 0 Å². The monoisotopic (exact) mass is 316 g/mol. The largest absolute Gasteiger partial charge is 0.359 e. The zero-order valence-corrected chi connectivity index (χ0v) is 13.0. The van der Waals surface area contributed by atoms with Crippen molar-refractivity contribution in [1.29, 1.82) is 0 Å². The predicted octanol–water partition coefficient (Wildman–Crippen LogP) is 2.81. The molecule has 0 heterocycles. The highest BCUT2D eigenvalue weighted by atomic mass is 35.5. The van der Waals surface area contributed by atoms with E-state index in [1.54, 1.807) is 25.2 Å². The maximum absolute atomic E-state index is 12.0. The molecule has 0 aliphatic heterocycles. The van der Waals surface area contributed by atoms with E-state index in [1.165, 1.54) is 0 Å². The summed E-state index contributed by atoms with van der Waals surface area (Å²) in [5.74, 6) is -0.178. The van der Waals surface area contributed by atoms with Crippen molar-refractivity contribution in [3.8, 4) is 0 Å². The summed E-state index contributed by atoms with van der Waals surface area (Å²) in [6.45, 7) is 0. The number of likely N-dealkylation sites (N-methyl/N-ethyl adjacent to an activating group) is 1. The maximum atomic E-state index is 12.0. The Kier molecular flexibility index (Phi) is 5.55. The molecule has 2 aromatic rings. The Balaban J connectivity index is 1.94. The zero-order valence-electron chi connectivity index (χ0n) is 12.2. The quantitative estimate of drug-likeness (QED) is 0.891. The SMILES string of the molecule is CNC(=O)Cc1ccc(NC(=O)Cc2ccccc2Cl)cc1. The highest BCUT2D eigenvalue weighted by molar-refractivity contribution is 6.31. The number of amides is 2. The second-order valence-corrected chi connectivity index (χ2v) is 5.27. The number of halogens is 1. The van der Waals surface area contributed by atoms with Gasteiger partial charge in [-0.15, -0.1) is 0 Å². The molecule has 2 aromatic carbocycles. The van der Waals surface area contributed by atoms with Crippen LogP contribution in [0.25, 0.3) is 0 Å². The van der Waals surface area contributed by atoms with Crippen LogP contribution in [0.1, 0.15) is 11.1 Å². The fraction of sp³-hybridized carbons (Fsp3) is 0.176. The van der Waals surface area contributed by atoms with E-state index >= 15 is 0 Å². The molecule has 5 heteroatoms. The molecule has 0 fully saturated rings. The summed E-state index contributed by atoms with van der Waals surface area (Å²) in [6, 6.07) is 14.5. The molecule has 0 spiro atoms. The summed E-state index contributed by atoms with van der Waals surface area (Å²) < 4.78 is 0. The smallest absolute Gasteiger partial charge is 0.228 e. The van der Waals surface area contributed by atoms with Crippen LogP contribution in [0.3, 0.4) is 0 Å². The minimum atomic E-state index is -0.132. The van der Waals surface area contributed by atoms with Crippen LogP contribution < -0.4 is 10.6 Å². The molecule has 0 radical (unpaired) electrons. The number of hydrogen-bond donors (Lipinski definition) is 2. The van der Waals surface area contributed by atoms with Crippen molar-refractivity contribution in [2.24, 2.45) is 0 Å². The number of carbonyl (C=O) groups excluding carboxylic acids is 2. The van der Waals surface area contributed by atoms with Crippen molar-refractivity contribution in [3.05, 3.63) is 64.7 Å². The molecule has 2 N–H and O–H groups in total. The highest BCUT2D eigenvalue weighted by Crippen LogP contribution is 2.16. The van der Waals surface area contributed by atoms with Gasteiger partial charge < -0.3 is 10.6 Å². The highest BCUT2D eigenvalue weighted by Gasteiger charge is 2.07. The molecular formula is C17H17ClN2O2. The third kappa shape index (κ3) is 4.60. The zero-order chi connectivity index (χ0) is 15.9. The molecule has 114 valence electrons. The summed E-state index contributed by atoms with van der Waals surface area (Å²) in [5, 5.41) is 5.97. The summed E-state index contributed by atoms with van der Waals surface area (Å²) in [7, 11) is 1.60. The molecular weight excluding hydrogens is 300 g/mol. The topological polar surface area (TPSA) is 58.2 Å². The van der Waals surface area contributed by atoms with Crippen molar-refractivity contribution >= 4 is 29.1 Å². The first kappa shape index (κ1) is 16.0. The first-order valence-corrected chi connectivity index (χ1v) is 7.29. The lowest BCUT2D eigenvalue weighted by molar-refractivity contribution is -0.120. The number of benzene rings is 2. The lowest BCUT2D eigenvalue weighted by Gasteiger charge is -2.07. The Morgan fingerprint density at radius 1 is 0.955 bits per heavy atom. The van der Waals surface area contributed by atoms with Crippen LogP contribution in [-0.2, 0) is 22.4 Å². The Morgan fingerprint density at radius 2 is 1.64 bits per heavy atom. The first-order valence-electron chi connectivity index (χ1n) is 6.91. The number of rotatable bonds is 5. The van der Waals surface area contributed by atoms with E-state index in [9.17, 15) is 9.59 Å². The number of carbonyl (C=O) groups is 2. The molecule has 4 nitrogen and oxygen atoms in total. The van der Waals surface area contributed by atoms with E-state index in [0.29, 0.717) is 17.1 Å². The summed E-state index contributed by atoms with van der Waals surface area (Å²) >= 11 is 6.04. The molecule has 0 aromatic heterocycles. The third-order valence-electron chi connectivity index (χ3n) is 3.19. The Hall–Kier alpha value is -2.33. The molecule has 2 amide bonds. The second-order valence-electron chi connectivity index (χ2n) is 4.86. The van der Waals surface area contributed by atoms with E-state index in [0.717, 1.165) is 11.1 Å². The van der Waals surface area contributed by atoms with Crippen LogP contribution in [-0.4, -0.2) is 18.9 Å². The van der Waals surface area contributed by atoms with E-state index in [4.69, 9.17) is 11.6 Å². The third-order valence-corrected chi connectivity index (χ3v) is 3.56. The Labute approximate surface area is 134 Å². The van der Waals surface area contributed by atoms with Gasteiger partial charge in [0, 0.05) is 17.8 Å².